The second kappa shape index (κ2) is 6.97. The molecule has 4 bridgehead atoms. The highest BCUT2D eigenvalue weighted by atomic mass is 16.6. The SMILES string of the molecule is O=[N+]([O-])c1ccc(O)c(C=Nc2ccc(CC34CC5CC(CC(C5)C3)C4)cc2)c1. The molecule has 0 spiro atoms. The molecule has 4 aliphatic rings. The Kier molecular flexibility index (Phi) is 4.41. The summed E-state index contributed by atoms with van der Waals surface area (Å²) in [5.74, 6) is 2.88. The van der Waals surface area contributed by atoms with Crippen molar-refractivity contribution in [3.63, 3.8) is 0 Å². The zero-order chi connectivity index (χ0) is 20.0. The molecule has 6 rings (SSSR count). The molecule has 4 saturated carbocycles. The van der Waals surface area contributed by atoms with Crippen molar-refractivity contribution in [2.45, 2.75) is 44.9 Å². The van der Waals surface area contributed by atoms with Crippen LogP contribution in [0, 0.1) is 33.3 Å². The number of nitrogens with zero attached hydrogens (tertiary/aromatic N) is 2. The van der Waals surface area contributed by atoms with Crippen LogP contribution in [-0.4, -0.2) is 16.2 Å². The van der Waals surface area contributed by atoms with Gasteiger partial charge in [0.25, 0.3) is 5.69 Å². The molecule has 0 aliphatic heterocycles. The first-order chi connectivity index (χ1) is 14.0. The van der Waals surface area contributed by atoms with Crippen LogP contribution in [0.3, 0.4) is 0 Å². The van der Waals surface area contributed by atoms with Crippen LogP contribution in [0.1, 0.15) is 49.7 Å². The van der Waals surface area contributed by atoms with Crippen LogP contribution in [-0.2, 0) is 6.42 Å². The summed E-state index contributed by atoms with van der Waals surface area (Å²) in [7, 11) is 0. The van der Waals surface area contributed by atoms with Crippen molar-refractivity contribution in [1.29, 1.82) is 0 Å². The second-order valence-corrected chi connectivity index (χ2v) is 9.52. The third-order valence-corrected chi connectivity index (χ3v) is 7.26. The van der Waals surface area contributed by atoms with E-state index in [1.165, 1.54) is 74.9 Å². The molecule has 0 aromatic heterocycles. The molecule has 29 heavy (non-hydrogen) atoms. The third kappa shape index (κ3) is 3.66. The lowest BCUT2D eigenvalue weighted by atomic mass is 9.48. The van der Waals surface area contributed by atoms with Crippen molar-refractivity contribution in [3.05, 3.63) is 63.7 Å². The minimum atomic E-state index is -0.476. The van der Waals surface area contributed by atoms with E-state index in [0.29, 0.717) is 11.0 Å². The van der Waals surface area contributed by atoms with Crippen LogP contribution in [0.5, 0.6) is 5.75 Å². The van der Waals surface area contributed by atoms with E-state index in [-0.39, 0.29) is 11.4 Å². The lowest BCUT2D eigenvalue weighted by molar-refractivity contribution is -0.384. The van der Waals surface area contributed by atoms with Crippen molar-refractivity contribution < 1.29 is 10.0 Å². The number of phenolic OH excluding ortho intramolecular Hbond substituents is 1. The van der Waals surface area contributed by atoms with E-state index in [1.807, 2.05) is 12.1 Å². The van der Waals surface area contributed by atoms with Gasteiger partial charge in [-0.05, 0) is 91.9 Å². The Morgan fingerprint density at radius 3 is 2.24 bits per heavy atom. The smallest absolute Gasteiger partial charge is 0.270 e. The highest BCUT2D eigenvalue weighted by Gasteiger charge is 2.50. The number of hydrogen-bond acceptors (Lipinski definition) is 4. The molecule has 0 unspecified atom stereocenters. The maximum Gasteiger partial charge on any atom is 0.270 e. The lowest BCUT2D eigenvalue weighted by Gasteiger charge is -2.57. The Hall–Kier alpha value is -2.69. The van der Waals surface area contributed by atoms with Gasteiger partial charge in [0.1, 0.15) is 5.75 Å². The van der Waals surface area contributed by atoms with Crippen molar-refractivity contribution in [2.24, 2.45) is 28.2 Å². The minimum Gasteiger partial charge on any atom is -0.507 e. The topological polar surface area (TPSA) is 75.7 Å². The van der Waals surface area contributed by atoms with Crippen LogP contribution in [0.15, 0.2) is 47.5 Å². The Morgan fingerprint density at radius 1 is 1.03 bits per heavy atom. The summed E-state index contributed by atoms with van der Waals surface area (Å²) in [6, 6.07) is 12.3. The fourth-order valence-corrected chi connectivity index (χ4v) is 6.54. The predicted octanol–water partition coefficient (Wildman–Crippen LogP) is 5.81. The number of nitro groups is 1. The van der Waals surface area contributed by atoms with Crippen LogP contribution >= 0.6 is 0 Å². The third-order valence-electron chi connectivity index (χ3n) is 7.26. The molecule has 0 amide bonds. The number of aliphatic imine (C=N–C) groups is 1. The minimum absolute atomic E-state index is 0.0159. The average Bonchev–Trinajstić information content (AvgIpc) is 2.67. The molecule has 4 fully saturated rings. The fraction of sp³-hybridized carbons (Fsp3) is 0.458. The molecule has 5 heteroatoms. The van der Waals surface area contributed by atoms with Crippen molar-refractivity contribution in [1.82, 2.24) is 0 Å². The van der Waals surface area contributed by atoms with Gasteiger partial charge in [-0.25, -0.2) is 0 Å². The summed E-state index contributed by atoms with van der Waals surface area (Å²) >= 11 is 0. The molecule has 150 valence electrons. The predicted molar refractivity (Wildman–Crippen MR) is 113 cm³/mol. The zero-order valence-electron chi connectivity index (χ0n) is 16.5. The van der Waals surface area contributed by atoms with Gasteiger partial charge in [-0.1, -0.05) is 12.1 Å². The first-order valence-corrected chi connectivity index (χ1v) is 10.6. The molecule has 4 aliphatic carbocycles. The number of rotatable bonds is 5. The van der Waals surface area contributed by atoms with E-state index >= 15 is 0 Å². The average molecular weight is 390 g/mol. The fourth-order valence-electron chi connectivity index (χ4n) is 6.54. The lowest BCUT2D eigenvalue weighted by Crippen LogP contribution is -2.47. The van der Waals surface area contributed by atoms with E-state index in [2.05, 4.69) is 17.1 Å². The summed E-state index contributed by atoms with van der Waals surface area (Å²) in [5, 5.41) is 20.8. The number of benzene rings is 2. The summed E-state index contributed by atoms with van der Waals surface area (Å²) < 4.78 is 0. The highest BCUT2D eigenvalue weighted by Crippen LogP contribution is 2.61. The van der Waals surface area contributed by atoms with Gasteiger partial charge in [0.05, 0.1) is 10.6 Å². The Bertz CT molecular complexity index is 929. The monoisotopic (exact) mass is 390 g/mol. The summed E-state index contributed by atoms with van der Waals surface area (Å²) in [4.78, 5) is 14.8. The molecule has 0 saturated heterocycles. The van der Waals surface area contributed by atoms with Gasteiger partial charge in [-0.2, -0.15) is 0 Å². The number of aromatic hydroxyl groups is 1. The van der Waals surface area contributed by atoms with Gasteiger partial charge in [0.2, 0.25) is 0 Å². The molecule has 2 aromatic rings. The summed E-state index contributed by atoms with van der Waals surface area (Å²) in [5.41, 5.74) is 2.97. The van der Waals surface area contributed by atoms with Gasteiger partial charge < -0.3 is 5.11 Å². The van der Waals surface area contributed by atoms with E-state index in [0.717, 1.165) is 23.4 Å². The van der Waals surface area contributed by atoms with Crippen LogP contribution in [0.25, 0.3) is 0 Å². The van der Waals surface area contributed by atoms with Gasteiger partial charge in [0, 0.05) is 23.9 Å². The van der Waals surface area contributed by atoms with Crippen LogP contribution in [0.4, 0.5) is 11.4 Å². The largest absolute Gasteiger partial charge is 0.507 e. The first-order valence-electron chi connectivity index (χ1n) is 10.6. The maximum absolute atomic E-state index is 10.9. The van der Waals surface area contributed by atoms with Crippen molar-refractivity contribution in [2.75, 3.05) is 0 Å². The molecular formula is C24H26N2O3. The Balaban J connectivity index is 1.29. The standard InChI is InChI=1S/C24H26N2O3/c27-23-6-5-22(26(28)29)10-20(23)15-25-21-3-1-16(2-4-21)11-24-12-17-7-18(13-24)9-19(8-17)14-24/h1-6,10,15,17-19,27H,7-9,11-14H2. The van der Waals surface area contributed by atoms with Crippen molar-refractivity contribution in [3.8, 4) is 5.75 Å². The summed E-state index contributed by atoms with van der Waals surface area (Å²) in [6.45, 7) is 0. The number of non-ortho nitro benzene ring substituents is 1. The molecule has 0 atom stereocenters. The van der Waals surface area contributed by atoms with Crippen LogP contribution in [0.2, 0.25) is 0 Å². The van der Waals surface area contributed by atoms with Gasteiger partial charge >= 0.3 is 0 Å². The van der Waals surface area contributed by atoms with Gasteiger partial charge in [-0.3, -0.25) is 15.1 Å². The maximum atomic E-state index is 10.9. The Morgan fingerprint density at radius 2 is 1.66 bits per heavy atom. The normalized spacial score (nSPS) is 30.1. The van der Waals surface area contributed by atoms with Crippen molar-refractivity contribution >= 4 is 17.6 Å². The van der Waals surface area contributed by atoms with E-state index in [9.17, 15) is 15.2 Å². The zero-order valence-corrected chi connectivity index (χ0v) is 16.5. The molecular weight excluding hydrogens is 364 g/mol. The quantitative estimate of drug-likeness (QED) is 0.398. The number of phenols is 1. The van der Waals surface area contributed by atoms with E-state index in [4.69, 9.17) is 0 Å². The molecule has 2 aromatic carbocycles. The van der Waals surface area contributed by atoms with Gasteiger partial charge in [-0.15, -0.1) is 0 Å². The second-order valence-electron chi connectivity index (χ2n) is 9.52. The molecule has 0 heterocycles. The number of nitro benzene ring substituents is 1. The molecule has 5 nitrogen and oxygen atoms in total. The van der Waals surface area contributed by atoms with Crippen LogP contribution < -0.4 is 0 Å². The molecule has 0 radical (unpaired) electrons. The van der Waals surface area contributed by atoms with Gasteiger partial charge in [0.15, 0.2) is 0 Å². The summed E-state index contributed by atoms with van der Waals surface area (Å²) in [6.07, 6.45) is 11.3. The Labute approximate surface area is 170 Å². The molecule has 1 N–H and O–H groups in total. The number of hydrogen-bond donors (Lipinski definition) is 1. The highest BCUT2D eigenvalue weighted by molar-refractivity contribution is 5.86. The van der Waals surface area contributed by atoms with E-state index < -0.39 is 4.92 Å². The van der Waals surface area contributed by atoms with E-state index in [1.54, 1.807) is 0 Å². The first kappa shape index (κ1) is 18.3.